The lowest BCUT2D eigenvalue weighted by molar-refractivity contribution is 0.391. The van der Waals surface area contributed by atoms with Crippen molar-refractivity contribution in [2.45, 2.75) is 11.4 Å². The number of ether oxygens (including phenoxy) is 3. The zero-order valence-electron chi connectivity index (χ0n) is 25.5. The zero-order valence-corrected chi connectivity index (χ0v) is 28.6. The van der Waals surface area contributed by atoms with Gasteiger partial charge in [-0.2, -0.15) is 10.2 Å². The standard InChI is InChI=1S/C33H23Cl2F2N5O5S2/c1-45-23-8-5-21(29(11-23)46-2)17-42(33-41-40-18-48-33)49(43,44)32-14-27(35)31(15-28(32)37)47-30-13-26(34)24(19-3-6-22(36)7-4-19)12-25(30)20-9-10-38-39-16-20/h3-16,18H,17H2,1-2H3. The summed E-state index contributed by atoms with van der Waals surface area (Å²) >= 11 is 14.2. The van der Waals surface area contributed by atoms with Gasteiger partial charge in [0.2, 0.25) is 5.13 Å². The summed E-state index contributed by atoms with van der Waals surface area (Å²) in [5.74, 6) is -0.747. The predicted molar refractivity (Wildman–Crippen MR) is 182 cm³/mol. The normalized spacial score (nSPS) is 11.3. The van der Waals surface area contributed by atoms with Gasteiger partial charge in [0.15, 0.2) is 0 Å². The van der Waals surface area contributed by atoms with Crippen LogP contribution in [0.4, 0.5) is 13.9 Å². The number of rotatable bonds is 11. The highest BCUT2D eigenvalue weighted by Crippen LogP contribution is 2.43. The van der Waals surface area contributed by atoms with Crippen LogP contribution in [0.25, 0.3) is 22.3 Å². The highest BCUT2D eigenvalue weighted by atomic mass is 35.5. The summed E-state index contributed by atoms with van der Waals surface area (Å²) < 4.78 is 75.4. The fourth-order valence-corrected chi connectivity index (χ4v) is 7.64. The van der Waals surface area contributed by atoms with E-state index in [-0.39, 0.29) is 33.2 Å². The molecule has 2 aromatic heterocycles. The number of nitrogens with zero attached hydrogens (tertiary/aromatic N) is 5. The van der Waals surface area contributed by atoms with Crippen LogP contribution in [-0.2, 0) is 16.6 Å². The molecule has 6 aromatic rings. The number of aromatic nitrogens is 4. The second kappa shape index (κ2) is 14.3. The highest BCUT2D eigenvalue weighted by Gasteiger charge is 2.32. The van der Waals surface area contributed by atoms with Gasteiger partial charge in [-0.1, -0.05) is 46.7 Å². The van der Waals surface area contributed by atoms with E-state index in [4.69, 9.17) is 37.4 Å². The Morgan fingerprint density at radius 1 is 0.796 bits per heavy atom. The van der Waals surface area contributed by atoms with Crippen molar-refractivity contribution in [1.82, 2.24) is 20.4 Å². The van der Waals surface area contributed by atoms with Gasteiger partial charge in [-0.25, -0.2) is 21.5 Å². The number of methoxy groups -OCH3 is 2. The molecular formula is C33H23Cl2F2N5O5S2. The molecule has 49 heavy (non-hydrogen) atoms. The molecule has 0 saturated carbocycles. The summed E-state index contributed by atoms with van der Waals surface area (Å²) in [6.07, 6.45) is 2.96. The fourth-order valence-electron chi connectivity index (χ4n) is 4.86. The summed E-state index contributed by atoms with van der Waals surface area (Å²) in [7, 11) is -1.71. The number of halogens is 4. The Labute approximate surface area is 293 Å². The summed E-state index contributed by atoms with van der Waals surface area (Å²) in [4.78, 5) is -0.726. The third-order valence-corrected chi connectivity index (χ3v) is 10.5. The van der Waals surface area contributed by atoms with E-state index < -0.39 is 26.6 Å². The van der Waals surface area contributed by atoms with Crippen LogP contribution in [0, 0.1) is 11.6 Å². The van der Waals surface area contributed by atoms with E-state index in [1.54, 1.807) is 42.5 Å². The number of hydrogen-bond donors (Lipinski definition) is 0. The average Bonchev–Trinajstić information content (AvgIpc) is 3.64. The van der Waals surface area contributed by atoms with Gasteiger partial charge in [0, 0.05) is 40.5 Å². The maximum atomic E-state index is 15.9. The van der Waals surface area contributed by atoms with E-state index in [9.17, 15) is 12.8 Å². The van der Waals surface area contributed by atoms with Gasteiger partial charge in [0.05, 0.1) is 43.2 Å². The molecule has 0 unspecified atom stereocenters. The van der Waals surface area contributed by atoms with Gasteiger partial charge in [0.1, 0.15) is 45.0 Å². The van der Waals surface area contributed by atoms with Gasteiger partial charge in [0.25, 0.3) is 10.0 Å². The molecule has 250 valence electrons. The predicted octanol–water partition coefficient (Wildman–Crippen LogP) is 8.45. The molecule has 0 amide bonds. The van der Waals surface area contributed by atoms with Crippen molar-refractivity contribution in [3.05, 3.63) is 118 Å². The van der Waals surface area contributed by atoms with E-state index in [0.29, 0.717) is 39.3 Å². The van der Waals surface area contributed by atoms with Crippen molar-refractivity contribution < 1.29 is 31.4 Å². The molecule has 2 heterocycles. The Bertz CT molecular complexity index is 2230. The van der Waals surface area contributed by atoms with E-state index in [1.807, 2.05) is 0 Å². The first-order valence-electron chi connectivity index (χ1n) is 14.1. The number of sulfonamides is 1. The van der Waals surface area contributed by atoms with E-state index in [0.717, 1.165) is 27.8 Å². The van der Waals surface area contributed by atoms with Gasteiger partial charge < -0.3 is 14.2 Å². The third-order valence-electron chi connectivity index (χ3n) is 7.26. The van der Waals surface area contributed by atoms with Gasteiger partial charge >= 0.3 is 0 Å². The Morgan fingerprint density at radius 2 is 1.59 bits per heavy atom. The summed E-state index contributed by atoms with van der Waals surface area (Å²) in [5, 5.41) is 15.5. The van der Waals surface area contributed by atoms with Crippen LogP contribution in [0.1, 0.15) is 5.56 Å². The molecule has 0 atom stereocenters. The molecule has 4 aromatic carbocycles. The van der Waals surface area contributed by atoms with Gasteiger partial charge in [-0.05, 0) is 48.0 Å². The van der Waals surface area contributed by atoms with Crippen molar-refractivity contribution in [2.75, 3.05) is 18.5 Å². The molecule has 0 N–H and O–H groups in total. The van der Waals surface area contributed by atoms with E-state index in [2.05, 4.69) is 20.4 Å². The summed E-state index contributed by atoms with van der Waals surface area (Å²) in [6.45, 7) is -0.276. The first-order valence-corrected chi connectivity index (χ1v) is 17.2. The van der Waals surface area contributed by atoms with Crippen molar-refractivity contribution in [3.63, 3.8) is 0 Å². The molecule has 0 radical (unpaired) electrons. The largest absolute Gasteiger partial charge is 0.497 e. The molecule has 0 aliphatic carbocycles. The smallest absolute Gasteiger partial charge is 0.269 e. The minimum atomic E-state index is -4.63. The first kappa shape index (κ1) is 34.0. The van der Waals surface area contributed by atoms with Crippen molar-refractivity contribution >= 4 is 49.7 Å². The van der Waals surface area contributed by atoms with Crippen molar-refractivity contribution in [1.29, 1.82) is 0 Å². The minimum Gasteiger partial charge on any atom is -0.497 e. The van der Waals surface area contributed by atoms with Crippen LogP contribution < -0.4 is 18.5 Å². The number of benzene rings is 4. The Balaban J connectivity index is 1.39. The van der Waals surface area contributed by atoms with Gasteiger partial charge in [-0.15, -0.1) is 10.2 Å². The Morgan fingerprint density at radius 3 is 2.27 bits per heavy atom. The molecule has 16 heteroatoms. The van der Waals surface area contributed by atoms with Crippen LogP contribution >= 0.6 is 34.5 Å². The first-order chi connectivity index (χ1) is 23.6. The monoisotopic (exact) mass is 741 g/mol. The summed E-state index contributed by atoms with van der Waals surface area (Å²) in [5.41, 5.74) is 4.04. The Hall–Kier alpha value is -4.89. The third kappa shape index (κ3) is 7.13. The maximum Gasteiger partial charge on any atom is 0.269 e. The fraction of sp³-hybridized carbons (Fsp3) is 0.0909. The zero-order chi connectivity index (χ0) is 34.7. The highest BCUT2D eigenvalue weighted by molar-refractivity contribution is 7.93. The van der Waals surface area contributed by atoms with Crippen molar-refractivity contribution in [2.24, 2.45) is 0 Å². The molecule has 0 fully saturated rings. The molecular weight excluding hydrogens is 719 g/mol. The number of anilines is 1. The summed E-state index contributed by atoms with van der Waals surface area (Å²) in [6, 6.07) is 17.3. The molecule has 0 bridgehead atoms. The Kier molecular flexibility index (Phi) is 9.92. The molecule has 10 nitrogen and oxygen atoms in total. The van der Waals surface area contributed by atoms with E-state index in [1.165, 1.54) is 50.3 Å². The van der Waals surface area contributed by atoms with Crippen LogP contribution in [0.3, 0.4) is 0 Å². The minimum absolute atomic E-state index is 0.0137. The number of hydrogen-bond acceptors (Lipinski definition) is 10. The second-order valence-corrected chi connectivity index (χ2v) is 13.6. The second-order valence-electron chi connectivity index (χ2n) is 10.2. The molecule has 0 aliphatic rings. The lowest BCUT2D eigenvalue weighted by atomic mass is 9.99. The van der Waals surface area contributed by atoms with E-state index >= 15 is 4.39 Å². The van der Waals surface area contributed by atoms with Crippen LogP contribution in [0.2, 0.25) is 10.0 Å². The lowest BCUT2D eigenvalue weighted by Gasteiger charge is -2.23. The lowest BCUT2D eigenvalue weighted by Crippen LogP contribution is -2.31. The average molecular weight is 743 g/mol. The topological polar surface area (TPSA) is 117 Å². The molecule has 6 rings (SSSR count). The molecule has 0 spiro atoms. The molecule has 0 saturated heterocycles. The SMILES string of the molecule is COc1ccc(CN(c2nncs2)S(=O)(=O)c2cc(Cl)c(Oc3cc(Cl)c(-c4ccc(F)cc4)cc3-c3ccnnc3)cc2F)c(OC)c1. The quantitative estimate of drug-likeness (QED) is 0.129. The van der Waals surface area contributed by atoms with Crippen LogP contribution in [0.15, 0.2) is 95.6 Å². The van der Waals surface area contributed by atoms with Crippen LogP contribution in [-0.4, -0.2) is 43.0 Å². The van der Waals surface area contributed by atoms with Gasteiger partial charge in [-0.3, -0.25) is 0 Å². The molecule has 0 aliphatic heterocycles. The van der Waals surface area contributed by atoms with Crippen molar-refractivity contribution in [3.8, 4) is 45.3 Å². The maximum absolute atomic E-state index is 15.9. The van der Waals surface area contributed by atoms with Crippen LogP contribution in [0.5, 0.6) is 23.0 Å².